The first-order valence-electron chi connectivity index (χ1n) is 4.73. The Bertz CT molecular complexity index is 228. The van der Waals surface area contributed by atoms with Gasteiger partial charge in [-0.15, -0.1) is 0 Å². The van der Waals surface area contributed by atoms with Crippen LogP contribution in [0.5, 0.6) is 0 Å². The lowest BCUT2D eigenvalue weighted by Crippen LogP contribution is -2.44. The van der Waals surface area contributed by atoms with E-state index in [4.69, 9.17) is 14.6 Å². The highest BCUT2D eigenvalue weighted by Gasteiger charge is 2.36. The van der Waals surface area contributed by atoms with E-state index in [1.54, 1.807) is 6.92 Å². The number of hydrogen-bond acceptors (Lipinski definition) is 4. The van der Waals surface area contributed by atoms with E-state index in [9.17, 15) is 4.79 Å². The predicted molar refractivity (Wildman–Crippen MR) is 50.5 cm³/mol. The molecule has 1 atom stereocenters. The molecule has 0 radical (unpaired) electrons. The molecule has 0 aromatic heterocycles. The third-order valence-electron chi connectivity index (χ3n) is 2.19. The summed E-state index contributed by atoms with van der Waals surface area (Å²) in [7, 11) is 0. The normalized spacial score (nSPS) is 27.0. The molecule has 0 saturated carbocycles. The molecular formula is C10H16O4. The molecule has 0 aromatic rings. The van der Waals surface area contributed by atoms with Crippen molar-refractivity contribution in [1.82, 2.24) is 0 Å². The van der Waals surface area contributed by atoms with Gasteiger partial charge in [0.05, 0.1) is 6.61 Å². The summed E-state index contributed by atoms with van der Waals surface area (Å²) in [4.78, 5) is 11.3. The van der Waals surface area contributed by atoms with E-state index in [0.717, 1.165) is 12.8 Å². The lowest BCUT2D eigenvalue weighted by molar-refractivity contribution is -0.258. The summed E-state index contributed by atoms with van der Waals surface area (Å²) in [5.41, 5.74) is 0.312. The van der Waals surface area contributed by atoms with Crippen LogP contribution in [-0.2, 0) is 14.3 Å². The van der Waals surface area contributed by atoms with Crippen LogP contribution in [0, 0.1) is 0 Å². The molecular weight excluding hydrogens is 184 g/mol. The number of carbonyl (C=O) groups is 1. The highest BCUT2D eigenvalue weighted by Crippen LogP contribution is 2.26. The van der Waals surface area contributed by atoms with Crippen LogP contribution in [-0.4, -0.2) is 30.1 Å². The zero-order valence-electron chi connectivity index (χ0n) is 8.41. The van der Waals surface area contributed by atoms with Gasteiger partial charge in [-0.1, -0.05) is 6.58 Å². The molecule has 1 saturated heterocycles. The van der Waals surface area contributed by atoms with Gasteiger partial charge in [-0.3, -0.25) is 0 Å². The number of hydrogen-bond donors (Lipinski definition) is 1. The molecule has 1 fully saturated rings. The van der Waals surface area contributed by atoms with E-state index >= 15 is 0 Å². The van der Waals surface area contributed by atoms with Crippen LogP contribution in [0.3, 0.4) is 0 Å². The second-order valence-electron chi connectivity index (χ2n) is 3.54. The maximum atomic E-state index is 11.3. The van der Waals surface area contributed by atoms with Crippen molar-refractivity contribution in [1.29, 1.82) is 0 Å². The van der Waals surface area contributed by atoms with Gasteiger partial charge in [-0.25, -0.2) is 4.79 Å². The fraction of sp³-hybridized carbons (Fsp3) is 0.700. The van der Waals surface area contributed by atoms with Gasteiger partial charge >= 0.3 is 5.97 Å². The van der Waals surface area contributed by atoms with E-state index in [-0.39, 0.29) is 6.61 Å². The molecule has 80 valence electrons. The van der Waals surface area contributed by atoms with Crippen molar-refractivity contribution in [2.24, 2.45) is 0 Å². The van der Waals surface area contributed by atoms with Crippen LogP contribution in [0.2, 0.25) is 0 Å². The minimum absolute atomic E-state index is 0.300. The highest BCUT2D eigenvalue weighted by molar-refractivity contribution is 5.87. The molecule has 0 bridgehead atoms. The zero-order chi connectivity index (χ0) is 10.6. The molecule has 1 unspecified atom stereocenters. The molecule has 4 nitrogen and oxygen atoms in total. The van der Waals surface area contributed by atoms with Crippen molar-refractivity contribution in [3.63, 3.8) is 0 Å². The first-order chi connectivity index (χ1) is 6.59. The molecule has 1 aliphatic rings. The van der Waals surface area contributed by atoms with Crippen molar-refractivity contribution >= 4 is 5.97 Å². The fourth-order valence-electron chi connectivity index (χ4n) is 1.32. The van der Waals surface area contributed by atoms with Gasteiger partial charge in [0, 0.05) is 12.0 Å². The van der Waals surface area contributed by atoms with Gasteiger partial charge in [0.1, 0.15) is 6.61 Å². The smallest absolute Gasteiger partial charge is 0.335 e. The van der Waals surface area contributed by atoms with Gasteiger partial charge in [0.15, 0.2) is 0 Å². The highest BCUT2D eigenvalue weighted by atomic mass is 16.7. The van der Waals surface area contributed by atoms with Gasteiger partial charge in [-0.05, 0) is 19.8 Å². The number of carbonyl (C=O) groups excluding carboxylic acids is 1. The second-order valence-corrected chi connectivity index (χ2v) is 3.54. The Labute approximate surface area is 83.5 Å². The maximum absolute atomic E-state index is 11.3. The molecule has 1 heterocycles. The largest absolute Gasteiger partial charge is 0.427 e. The van der Waals surface area contributed by atoms with Gasteiger partial charge in [0.2, 0.25) is 5.79 Å². The Morgan fingerprint density at radius 1 is 1.64 bits per heavy atom. The molecule has 0 aromatic carbocycles. The first kappa shape index (κ1) is 11.2. The average Bonchev–Trinajstić information content (AvgIpc) is 2.19. The van der Waals surface area contributed by atoms with E-state index < -0.39 is 11.8 Å². The van der Waals surface area contributed by atoms with E-state index in [0.29, 0.717) is 18.6 Å². The summed E-state index contributed by atoms with van der Waals surface area (Å²) in [6.45, 7) is 5.26. The average molecular weight is 200 g/mol. The third-order valence-corrected chi connectivity index (χ3v) is 2.19. The maximum Gasteiger partial charge on any atom is 0.335 e. The summed E-state index contributed by atoms with van der Waals surface area (Å²) < 4.78 is 10.4. The summed E-state index contributed by atoms with van der Waals surface area (Å²) in [6, 6.07) is 0. The third kappa shape index (κ3) is 2.56. The fourth-order valence-corrected chi connectivity index (χ4v) is 1.32. The van der Waals surface area contributed by atoms with Gasteiger partial charge in [0.25, 0.3) is 0 Å². The Morgan fingerprint density at radius 3 is 2.79 bits per heavy atom. The monoisotopic (exact) mass is 200 g/mol. The molecule has 1 rings (SSSR count). The van der Waals surface area contributed by atoms with Crippen LogP contribution < -0.4 is 0 Å². The topological polar surface area (TPSA) is 55.8 Å². The summed E-state index contributed by atoms with van der Waals surface area (Å²) in [6.07, 6.45) is 2.37. The first-order valence-corrected chi connectivity index (χ1v) is 4.73. The lowest BCUT2D eigenvalue weighted by Gasteiger charge is -2.34. The van der Waals surface area contributed by atoms with Crippen molar-refractivity contribution in [3.8, 4) is 0 Å². The summed E-state index contributed by atoms with van der Waals surface area (Å²) in [5.74, 6) is -1.64. The van der Waals surface area contributed by atoms with Crippen LogP contribution >= 0.6 is 0 Å². The molecule has 0 amide bonds. The number of ether oxygens (including phenoxy) is 2. The molecule has 0 aliphatic carbocycles. The van der Waals surface area contributed by atoms with Crippen LogP contribution in [0.25, 0.3) is 0 Å². The SMILES string of the molecule is C=C(C)C(=O)OC1(CO)CCCCO1. The number of esters is 1. The van der Waals surface area contributed by atoms with Crippen molar-refractivity contribution in [3.05, 3.63) is 12.2 Å². The van der Waals surface area contributed by atoms with Gasteiger partial charge in [-0.2, -0.15) is 0 Å². The summed E-state index contributed by atoms with van der Waals surface area (Å²) >= 11 is 0. The summed E-state index contributed by atoms with van der Waals surface area (Å²) in [5, 5.41) is 9.14. The Balaban J connectivity index is 2.60. The molecule has 14 heavy (non-hydrogen) atoms. The number of aliphatic hydroxyl groups is 1. The Kier molecular flexibility index (Phi) is 3.66. The van der Waals surface area contributed by atoms with Crippen molar-refractivity contribution in [2.45, 2.75) is 32.0 Å². The van der Waals surface area contributed by atoms with Crippen molar-refractivity contribution < 1.29 is 19.4 Å². The predicted octanol–water partition coefficient (Wildman–Crippen LogP) is 0.995. The minimum Gasteiger partial charge on any atom is -0.427 e. The number of rotatable bonds is 3. The standard InChI is InChI=1S/C10H16O4/c1-8(2)9(12)14-10(7-11)5-3-4-6-13-10/h11H,1,3-7H2,2H3. The Hall–Kier alpha value is -0.870. The minimum atomic E-state index is -1.13. The van der Waals surface area contributed by atoms with E-state index in [1.165, 1.54) is 0 Å². The second kappa shape index (κ2) is 4.57. The molecule has 1 N–H and O–H groups in total. The molecule has 1 aliphatic heterocycles. The van der Waals surface area contributed by atoms with Gasteiger partial charge < -0.3 is 14.6 Å². The number of aliphatic hydroxyl groups excluding tert-OH is 1. The van der Waals surface area contributed by atoms with Crippen LogP contribution in [0.15, 0.2) is 12.2 Å². The molecule has 4 heteroatoms. The lowest BCUT2D eigenvalue weighted by atomic mass is 10.1. The van der Waals surface area contributed by atoms with Crippen LogP contribution in [0.1, 0.15) is 26.2 Å². The van der Waals surface area contributed by atoms with Crippen LogP contribution in [0.4, 0.5) is 0 Å². The quantitative estimate of drug-likeness (QED) is 0.545. The van der Waals surface area contributed by atoms with E-state index in [2.05, 4.69) is 6.58 Å². The Morgan fingerprint density at radius 2 is 2.36 bits per heavy atom. The zero-order valence-corrected chi connectivity index (χ0v) is 8.41. The molecule has 0 spiro atoms. The van der Waals surface area contributed by atoms with Crippen molar-refractivity contribution in [2.75, 3.05) is 13.2 Å². The van der Waals surface area contributed by atoms with E-state index in [1.807, 2.05) is 0 Å².